The average molecular weight is 404 g/mol. The van der Waals surface area contributed by atoms with Crippen molar-refractivity contribution >= 4 is 35.1 Å². The summed E-state index contributed by atoms with van der Waals surface area (Å²) in [5.74, 6) is 2.13. The third-order valence-corrected chi connectivity index (χ3v) is 5.02. The number of aromatic nitrogens is 4. The van der Waals surface area contributed by atoms with E-state index in [4.69, 9.17) is 16.3 Å². The molecule has 0 spiro atoms. The number of methoxy groups -OCH3 is 1. The Labute approximate surface area is 166 Å². The van der Waals surface area contributed by atoms with Crippen molar-refractivity contribution in [1.82, 2.24) is 19.7 Å². The Bertz CT molecular complexity index is 913. The Hall–Kier alpha value is -2.58. The van der Waals surface area contributed by atoms with Crippen LogP contribution in [0.15, 0.2) is 47.8 Å². The van der Waals surface area contributed by atoms with E-state index in [1.54, 1.807) is 19.2 Å². The van der Waals surface area contributed by atoms with Crippen LogP contribution in [-0.2, 0) is 18.3 Å². The summed E-state index contributed by atoms with van der Waals surface area (Å²) in [6.45, 7) is 0. The molecule has 1 aromatic carbocycles. The molecule has 2 heterocycles. The molecular formula is C18H18ClN5O2S. The molecule has 1 N–H and O–H groups in total. The fourth-order valence-electron chi connectivity index (χ4n) is 2.31. The number of nitrogens with zero attached hydrogens (tertiary/aromatic N) is 4. The highest BCUT2D eigenvalue weighted by Gasteiger charge is 2.12. The number of ether oxygens (including phenoxy) is 1. The number of amides is 1. The molecule has 0 atom stereocenters. The molecule has 0 aliphatic carbocycles. The Morgan fingerprint density at radius 1 is 1.22 bits per heavy atom. The molecule has 7 nitrogen and oxygen atoms in total. The number of carbonyl (C=O) groups is 1. The normalized spacial score (nSPS) is 10.6. The fraction of sp³-hybridized carbons (Fsp3) is 0.222. The lowest BCUT2D eigenvalue weighted by Gasteiger charge is -2.06. The van der Waals surface area contributed by atoms with E-state index < -0.39 is 0 Å². The minimum atomic E-state index is -0.172. The van der Waals surface area contributed by atoms with Gasteiger partial charge in [0.1, 0.15) is 17.4 Å². The number of pyridine rings is 1. The van der Waals surface area contributed by atoms with Gasteiger partial charge in [0, 0.05) is 19.7 Å². The van der Waals surface area contributed by atoms with Crippen molar-refractivity contribution < 1.29 is 9.53 Å². The smallest absolute Gasteiger partial charge is 0.236 e. The molecule has 140 valence electrons. The summed E-state index contributed by atoms with van der Waals surface area (Å²) in [5, 5.41) is 12.3. The number of nitrogens with one attached hydrogen (secondary N) is 1. The van der Waals surface area contributed by atoms with E-state index in [1.165, 1.54) is 18.0 Å². The predicted molar refractivity (Wildman–Crippen MR) is 105 cm³/mol. The molecule has 0 bridgehead atoms. The molecular weight excluding hydrogens is 386 g/mol. The second kappa shape index (κ2) is 8.88. The molecule has 27 heavy (non-hydrogen) atoms. The number of hydrogen-bond acceptors (Lipinski definition) is 6. The molecule has 0 fully saturated rings. The van der Waals surface area contributed by atoms with E-state index >= 15 is 0 Å². The average Bonchev–Trinajstić information content (AvgIpc) is 3.02. The van der Waals surface area contributed by atoms with Gasteiger partial charge in [0.05, 0.1) is 17.9 Å². The van der Waals surface area contributed by atoms with E-state index in [0.717, 1.165) is 17.1 Å². The van der Waals surface area contributed by atoms with Crippen molar-refractivity contribution in [3.05, 3.63) is 59.0 Å². The van der Waals surface area contributed by atoms with Gasteiger partial charge in [-0.25, -0.2) is 4.98 Å². The zero-order valence-electron chi connectivity index (χ0n) is 14.8. The number of carbonyl (C=O) groups excluding carboxylic acids is 1. The van der Waals surface area contributed by atoms with Gasteiger partial charge in [-0.15, -0.1) is 10.2 Å². The van der Waals surface area contributed by atoms with Crippen molar-refractivity contribution in [2.24, 2.45) is 7.05 Å². The van der Waals surface area contributed by atoms with E-state index in [-0.39, 0.29) is 11.7 Å². The van der Waals surface area contributed by atoms with Gasteiger partial charge < -0.3 is 14.6 Å². The van der Waals surface area contributed by atoms with Crippen LogP contribution in [0.4, 0.5) is 5.82 Å². The summed E-state index contributed by atoms with van der Waals surface area (Å²) in [6.07, 6.45) is 2.13. The first-order valence-electron chi connectivity index (χ1n) is 8.10. The third-order valence-electron chi connectivity index (χ3n) is 3.77. The van der Waals surface area contributed by atoms with Gasteiger partial charge in [-0.05, 0) is 29.8 Å². The van der Waals surface area contributed by atoms with Gasteiger partial charge in [-0.2, -0.15) is 0 Å². The van der Waals surface area contributed by atoms with Gasteiger partial charge in [0.2, 0.25) is 5.91 Å². The quantitative estimate of drug-likeness (QED) is 0.610. The van der Waals surface area contributed by atoms with Crippen LogP contribution < -0.4 is 10.1 Å². The van der Waals surface area contributed by atoms with Crippen LogP contribution in [0.1, 0.15) is 11.4 Å². The van der Waals surface area contributed by atoms with Crippen molar-refractivity contribution in [3.8, 4) is 5.75 Å². The fourth-order valence-corrected chi connectivity index (χ4v) is 3.15. The monoisotopic (exact) mass is 403 g/mol. The SMILES string of the molecule is COc1ccc(Cc2nnc(SCC(=O)Nc3ccc(Cl)cn3)n2C)cc1. The van der Waals surface area contributed by atoms with Gasteiger partial charge >= 0.3 is 0 Å². The van der Waals surface area contributed by atoms with E-state index in [9.17, 15) is 4.79 Å². The lowest BCUT2D eigenvalue weighted by atomic mass is 10.1. The number of anilines is 1. The van der Waals surface area contributed by atoms with Gasteiger partial charge in [0.15, 0.2) is 5.16 Å². The predicted octanol–water partition coefficient (Wildman–Crippen LogP) is 3.19. The van der Waals surface area contributed by atoms with Gasteiger partial charge in [-0.1, -0.05) is 35.5 Å². The highest BCUT2D eigenvalue weighted by Crippen LogP contribution is 2.19. The van der Waals surface area contributed by atoms with Crippen molar-refractivity contribution in [1.29, 1.82) is 0 Å². The summed E-state index contributed by atoms with van der Waals surface area (Å²) >= 11 is 7.10. The number of hydrogen-bond donors (Lipinski definition) is 1. The number of halogens is 1. The Balaban J connectivity index is 1.56. The molecule has 0 saturated heterocycles. The molecule has 0 radical (unpaired) electrons. The van der Waals surface area contributed by atoms with E-state index in [1.807, 2.05) is 35.9 Å². The third kappa shape index (κ3) is 5.21. The number of thioether (sulfide) groups is 1. The summed E-state index contributed by atoms with van der Waals surface area (Å²) in [7, 11) is 3.53. The van der Waals surface area contributed by atoms with E-state index in [2.05, 4.69) is 20.5 Å². The van der Waals surface area contributed by atoms with Crippen LogP contribution >= 0.6 is 23.4 Å². The maximum atomic E-state index is 12.1. The highest BCUT2D eigenvalue weighted by atomic mass is 35.5. The topological polar surface area (TPSA) is 81.9 Å². The van der Waals surface area contributed by atoms with Crippen LogP contribution in [0.2, 0.25) is 5.02 Å². The summed E-state index contributed by atoms with van der Waals surface area (Å²) in [6, 6.07) is 11.1. The molecule has 1 amide bonds. The molecule has 3 rings (SSSR count). The second-order valence-electron chi connectivity index (χ2n) is 5.68. The minimum absolute atomic E-state index is 0.172. The maximum Gasteiger partial charge on any atom is 0.236 e. The second-order valence-corrected chi connectivity index (χ2v) is 7.06. The van der Waals surface area contributed by atoms with E-state index in [0.29, 0.717) is 22.4 Å². The Kier molecular flexibility index (Phi) is 6.31. The summed E-state index contributed by atoms with van der Waals surface area (Å²) in [5.41, 5.74) is 1.11. The van der Waals surface area contributed by atoms with Crippen LogP contribution in [0.25, 0.3) is 0 Å². The first-order chi connectivity index (χ1) is 13.0. The molecule has 9 heteroatoms. The number of rotatable bonds is 7. The Morgan fingerprint density at radius 2 is 2.00 bits per heavy atom. The van der Waals surface area contributed by atoms with Crippen LogP contribution in [0.5, 0.6) is 5.75 Å². The largest absolute Gasteiger partial charge is 0.497 e. The summed E-state index contributed by atoms with van der Waals surface area (Å²) < 4.78 is 7.06. The maximum absolute atomic E-state index is 12.1. The van der Waals surface area contributed by atoms with Crippen LogP contribution in [-0.4, -0.2) is 38.5 Å². The van der Waals surface area contributed by atoms with Gasteiger partial charge in [0.25, 0.3) is 0 Å². The lowest BCUT2D eigenvalue weighted by Crippen LogP contribution is -2.15. The molecule has 3 aromatic rings. The first kappa shape index (κ1) is 19.2. The minimum Gasteiger partial charge on any atom is -0.497 e. The van der Waals surface area contributed by atoms with Crippen molar-refractivity contribution in [3.63, 3.8) is 0 Å². The summed E-state index contributed by atoms with van der Waals surface area (Å²) in [4.78, 5) is 16.1. The molecule has 0 aliphatic rings. The molecule has 0 unspecified atom stereocenters. The molecule has 2 aromatic heterocycles. The number of benzene rings is 1. The Morgan fingerprint density at radius 3 is 2.67 bits per heavy atom. The van der Waals surface area contributed by atoms with Crippen LogP contribution in [0, 0.1) is 0 Å². The standard InChI is InChI=1S/C18H18ClN5O2S/c1-24-16(9-12-3-6-14(26-2)7-4-12)22-23-18(24)27-11-17(25)21-15-8-5-13(19)10-20-15/h3-8,10H,9,11H2,1-2H3,(H,20,21,25). The van der Waals surface area contributed by atoms with Crippen molar-refractivity contribution in [2.75, 3.05) is 18.2 Å². The first-order valence-corrected chi connectivity index (χ1v) is 9.47. The zero-order chi connectivity index (χ0) is 19.2. The van der Waals surface area contributed by atoms with Crippen molar-refractivity contribution in [2.45, 2.75) is 11.6 Å². The van der Waals surface area contributed by atoms with Gasteiger partial charge in [-0.3, -0.25) is 4.79 Å². The zero-order valence-corrected chi connectivity index (χ0v) is 16.4. The van der Waals surface area contributed by atoms with Crippen LogP contribution in [0.3, 0.4) is 0 Å². The molecule has 0 aliphatic heterocycles. The molecule has 0 saturated carbocycles. The lowest BCUT2D eigenvalue weighted by molar-refractivity contribution is -0.113. The highest BCUT2D eigenvalue weighted by molar-refractivity contribution is 7.99.